The van der Waals surface area contributed by atoms with Crippen molar-refractivity contribution in [2.75, 3.05) is 7.11 Å². The van der Waals surface area contributed by atoms with Crippen molar-refractivity contribution in [3.63, 3.8) is 0 Å². The van der Waals surface area contributed by atoms with Gasteiger partial charge < -0.3 is 10.5 Å². The van der Waals surface area contributed by atoms with Crippen LogP contribution in [0.3, 0.4) is 0 Å². The third-order valence-corrected chi connectivity index (χ3v) is 2.74. The summed E-state index contributed by atoms with van der Waals surface area (Å²) in [6, 6.07) is 1.20. The number of halogens is 3. The van der Waals surface area contributed by atoms with E-state index in [-0.39, 0.29) is 6.42 Å². The van der Waals surface area contributed by atoms with Crippen LogP contribution in [0.5, 0.6) is 0 Å². The van der Waals surface area contributed by atoms with E-state index >= 15 is 0 Å². The quantitative estimate of drug-likeness (QED) is 0.687. The molecule has 3 nitrogen and oxygen atoms in total. The molecule has 6 heteroatoms. The Balaban J connectivity index is 2.95. The second-order valence-electron chi connectivity index (χ2n) is 3.17. The number of hydrogen-bond donors (Lipinski definition) is 1. The molecule has 0 bridgehead atoms. The molecular formula is C10H10BrF2NO2. The van der Waals surface area contributed by atoms with E-state index in [2.05, 4.69) is 20.7 Å². The number of carbonyl (C=O) groups excluding carboxylic acids is 1. The first-order valence-electron chi connectivity index (χ1n) is 4.42. The second kappa shape index (κ2) is 5.36. The molecule has 1 aromatic rings. The Bertz CT molecular complexity index is 412. The summed E-state index contributed by atoms with van der Waals surface area (Å²) in [5.41, 5.74) is 5.99. The summed E-state index contributed by atoms with van der Waals surface area (Å²) in [5, 5.41) is 0. The number of methoxy groups -OCH3 is 1. The Kier molecular flexibility index (Phi) is 4.37. The Morgan fingerprint density at radius 2 is 2.06 bits per heavy atom. The van der Waals surface area contributed by atoms with E-state index in [0.29, 0.717) is 10.0 Å². The molecule has 1 rings (SSSR count). The summed E-state index contributed by atoms with van der Waals surface area (Å²) in [5.74, 6) is -2.48. The highest BCUT2D eigenvalue weighted by atomic mass is 79.9. The third kappa shape index (κ3) is 2.99. The molecule has 0 saturated carbocycles. The van der Waals surface area contributed by atoms with Crippen LogP contribution in [0.4, 0.5) is 8.78 Å². The van der Waals surface area contributed by atoms with Crippen molar-refractivity contribution >= 4 is 21.9 Å². The molecule has 0 spiro atoms. The van der Waals surface area contributed by atoms with E-state index in [4.69, 9.17) is 5.73 Å². The maximum atomic E-state index is 13.0. The molecule has 0 heterocycles. The zero-order chi connectivity index (χ0) is 12.3. The fraction of sp³-hybridized carbons (Fsp3) is 0.300. The highest BCUT2D eigenvalue weighted by Gasteiger charge is 2.17. The van der Waals surface area contributed by atoms with Crippen LogP contribution in [-0.2, 0) is 9.53 Å². The fourth-order valence-corrected chi connectivity index (χ4v) is 1.80. The van der Waals surface area contributed by atoms with Gasteiger partial charge in [0.15, 0.2) is 11.6 Å². The second-order valence-corrected chi connectivity index (χ2v) is 4.03. The molecule has 88 valence electrons. The van der Waals surface area contributed by atoms with Gasteiger partial charge in [0.25, 0.3) is 0 Å². The molecule has 1 atom stereocenters. The maximum Gasteiger partial charge on any atom is 0.307 e. The zero-order valence-electron chi connectivity index (χ0n) is 8.47. The summed E-state index contributed by atoms with van der Waals surface area (Å²) in [6.45, 7) is 0. The molecule has 1 aromatic carbocycles. The van der Waals surface area contributed by atoms with Gasteiger partial charge in [-0.3, -0.25) is 4.79 Å². The third-order valence-electron chi connectivity index (χ3n) is 2.05. The molecule has 16 heavy (non-hydrogen) atoms. The van der Waals surface area contributed by atoms with Crippen LogP contribution >= 0.6 is 15.9 Å². The van der Waals surface area contributed by atoms with Gasteiger partial charge in [0, 0.05) is 10.5 Å². The Morgan fingerprint density at radius 3 is 2.62 bits per heavy atom. The average Bonchev–Trinajstić information content (AvgIpc) is 2.23. The van der Waals surface area contributed by atoms with Crippen LogP contribution in [0.1, 0.15) is 18.0 Å². The van der Waals surface area contributed by atoms with Gasteiger partial charge in [0.2, 0.25) is 0 Å². The van der Waals surface area contributed by atoms with Crippen LogP contribution in [0, 0.1) is 11.6 Å². The zero-order valence-corrected chi connectivity index (χ0v) is 10.1. The van der Waals surface area contributed by atoms with Crippen LogP contribution < -0.4 is 5.73 Å². The normalized spacial score (nSPS) is 12.3. The predicted octanol–water partition coefficient (Wildman–Crippen LogP) is 2.29. The van der Waals surface area contributed by atoms with Gasteiger partial charge in [-0.05, 0) is 17.7 Å². The van der Waals surface area contributed by atoms with Crippen LogP contribution in [0.2, 0.25) is 0 Å². The molecule has 0 saturated heterocycles. The topological polar surface area (TPSA) is 52.3 Å². The Hall–Kier alpha value is -1.01. The number of ether oxygens (including phenoxy) is 1. The summed E-state index contributed by atoms with van der Waals surface area (Å²) >= 11 is 3.05. The van der Waals surface area contributed by atoms with Crippen molar-refractivity contribution in [2.24, 2.45) is 5.73 Å². The summed E-state index contributed by atoms with van der Waals surface area (Å²) in [4.78, 5) is 11.0. The van der Waals surface area contributed by atoms with Crippen LogP contribution in [0.15, 0.2) is 16.6 Å². The summed E-state index contributed by atoms with van der Waals surface area (Å²) in [6.07, 6.45) is -0.0971. The number of hydrogen-bond acceptors (Lipinski definition) is 3. The van der Waals surface area contributed by atoms with Gasteiger partial charge in [-0.15, -0.1) is 0 Å². The lowest BCUT2D eigenvalue weighted by Crippen LogP contribution is -2.17. The minimum atomic E-state index is -1.00. The lowest BCUT2D eigenvalue weighted by atomic mass is 10.0. The van der Waals surface area contributed by atoms with Crippen molar-refractivity contribution in [2.45, 2.75) is 12.5 Å². The van der Waals surface area contributed by atoms with E-state index in [1.54, 1.807) is 0 Å². The molecule has 0 aliphatic carbocycles. The standard InChI is InChI=1S/C10H10BrF2NO2/c1-16-10(15)4-9(14)5-2-7(12)8(13)3-6(5)11/h2-3,9H,4,14H2,1H3. The molecule has 2 N–H and O–H groups in total. The van der Waals surface area contributed by atoms with Crippen molar-refractivity contribution in [1.82, 2.24) is 0 Å². The lowest BCUT2D eigenvalue weighted by molar-refractivity contribution is -0.141. The first kappa shape index (κ1) is 13.1. The van der Waals surface area contributed by atoms with E-state index in [9.17, 15) is 13.6 Å². The van der Waals surface area contributed by atoms with Crippen LogP contribution in [-0.4, -0.2) is 13.1 Å². The monoisotopic (exact) mass is 293 g/mol. The van der Waals surface area contributed by atoms with E-state index < -0.39 is 23.6 Å². The minimum absolute atomic E-state index is 0.0971. The minimum Gasteiger partial charge on any atom is -0.469 e. The van der Waals surface area contributed by atoms with E-state index in [1.165, 1.54) is 7.11 Å². The largest absolute Gasteiger partial charge is 0.469 e. The average molecular weight is 294 g/mol. The van der Waals surface area contributed by atoms with Gasteiger partial charge in [-0.2, -0.15) is 0 Å². The van der Waals surface area contributed by atoms with Gasteiger partial charge >= 0.3 is 5.97 Å². The first-order valence-corrected chi connectivity index (χ1v) is 5.21. The number of carbonyl (C=O) groups is 1. The van der Waals surface area contributed by atoms with Crippen molar-refractivity contribution in [3.8, 4) is 0 Å². The number of benzene rings is 1. The Labute approximate surface area is 99.7 Å². The smallest absolute Gasteiger partial charge is 0.307 e. The fourth-order valence-electron chi connectivity index (χ4n) is 1.19. The highest BCUT2D eigenvalue weighted by Crippen LogP contribution is 2.26. The maximum absolute atomic E-state index is 13.0. The molecule has 0 aromatic heterocycles. The van der Waals surface area contributed by atoms with Gasteiger partial charge in [-0.1, -0.05) is 15.9 Å². The lowest BCUT2D eigenvalue weighted by Gasteiger charge is -2.12. The summed E-state index contributed by atoms with van der Waals surface area (Å²) in [7, 11) is 1.23. The van der Waals surface area contributed by atoms with E-state index in [0.717, 1.165) is 12.1 Å². The SMILES string of the molecule is COC(=O)CC(N)c1cc(F)c(F)cc1Br. The highest BCUT2D eigenvalue weighted by molar-refractivity contribution is 9.10. The molecule has 0 aliphatic heterocycles. The van der Waals surface area contributed by atoms with E-state index in [1.807, 2.05) is 0 Å². The summed E-state index contributed by atoms with van der Waals surface area (Å²) < 4.78 is 30.5. The molecule has 1 unspecified atom stereocenters. The van der Waals surface area contributed by atoms with Crippen LogP contribution in [0.25, 0.3) is 0 Å². The van der Waals surface area contributed by atoms with Gasteiger partial charge in [0.05, 0.1) is 13.5 Å². The molecule has 0 aliphatic rings. The van der Waals surface area contributed by atoms with Gasteiger partial charge in [0.1, 0.15) is 0 Å². The number of rotatable bonds is 3. The Morgan fingerprint density at radius 1 is 1.50 bits per heavy atom. The number of nitrogens with two attached hydrogens (primary N) is 1. The first-order chi connectivity index (χ1) is 7.45. The molecule has 0 fully saturated rings. The molecular weight excluding hydrogens is 284 g/mol. The van der Waals surface area contributed by atoms with Crippen molar-refractivity contribution in [1.29, 1.82) is 0 Å². The predicted molar refractivity (Wildman–Crippen MR) is 57.6 cm³/mol. The van der Waals surface area contributed by atoms with Gasteiger partial charge in [-0.25, -0.2) is 8.78 Å². The molecule has 0 radical (unpaired) electrons. The van der Waals surface area contributed by atoms with Crippen molar-refractivity contribution < 1.29 is 18.3 Å². The number of esters is 1. The molecule has 0 amide bonds. The van der Waals surface area contributed by atoms with Crippen molar-refractivity contribution in [3.05, 3.63) is 33.8 Å².